The van der Waals surface area contributed by atoms with Gasteiger partial charge in [0, 0.05) is 11.0 Å². The van der Waals surface area contributed by atoms with Gasteiger partial charge < -0.3 is 9.84 Å². The summed E-state index contributed by atoms with van der Waals surface area (Å²) in [5.74, 6) is 0.810. The maximum Gasteiger partial charge on any atom is 0.127 e. The smallest absolute Gasteiger partial charge is 0.127 e. The van der Waals surface area contributed by atoms with Gasteiger partial charge in [-0.15, -0.1) is 0 Å². The fourth-order valence-corrected chi connectivity index (χ4v) is 5.66. The molecule has 0 unspecified atom stereocenters. The number of aliphatic hydroxyl groups is 1. The van der Waals surface area contributed by atoms with Gasteiger partial charge in [0.25, 0.3) is 0 Å². The van der Waals surface area contributed by atoms with Gasteiger partial charge in [0.15, 0.2) is 0 Å². The summed E-state index contributed by atoms with van der Waals surface area (Å²) < 4.78 is 6.16. The van der Waals surface area contributed by atoms with Crippen LogP contribution in [0.5, 0.6) is 5.75 Å². The van der Waals surface area contributed by atoms with E-state index in [1.165, 1.54) is 32.5 Å². The molecule has 2 nitrogen and oxygen atoms in total. The highest BCUT2D eigenvalue weighted by Crippen LogP contribution is 2.45. The summed E-state index contributed by atoms with van der Waals surface area (Å²) in [4.78, 5) is 0. The Kier molecular flexibility index (Phi) is 5.88. The van der Waals surface area contributed by atoms with E-state index < -0.39 is 0 Å². The van der Waals surface area contributed by atoms with Crippen molar-refractivity contribution in [2.24, 2.45) is 0 Å². The quantitative estimate of drug-likeness (QED) is 0.353. The minimum atomic E-state index is -0.336. The van der Waals surface area contributed by atoms with E-state index in [9.17, 15) is 5.11 Å². The van der Waals surface area contributed by atoms with E-state index in [1.54, 1.807) is 0 Å². The molecule has 36 heavy (non-hydrogen) atoms. The van der Waals surface area contributed by atoms with E-state index in [-0.39, 0.29) is 18.6 Å². The molecule has 6 rings (SSSR count). The normalized spacial score (nSPS) is 14.2. The van der Waals surface area contributed by atoms with Gasteiger partial charge >= 0.3 is 0 Å². The molecule has 176 valence electrons. The van der Waals surface area contributed by atoms with E-state index in [0.29, 0.717) is 0 Å². The van der Waals surface area contributed by atoms with Gasteiger partial charge in [0.05, 0.1) is 6.61 Å². The second-order valence-electron chi connectivity index (χ2n) is 9.32. The van der Waals surface area contributed by atoms with Crippen molar-refractivity contribution in [1.82, 2.24) is 0 Å². The lowest BCUT2D eigenvalue weighted by Crippen LogP contribution is -2.40. The zero-order valence-electron chi connectivity index (χ0n) is 20.1. The summed E-state index contributed by atoms with van der Waals surface area (Å²) in [6, 6.07) is 42.9. The molecule has 1 aliphatic carbocycles. The Balaban J connectivity index is 1.71. The fraction of sp³-hybridized carbons (Fsp3) is 0.118. The van der Waals surface area contributed by atoms with Crippen LogP contribution in [0.25, 0.3) is 22.4 Å². The van der Waals surface area contributed by atoms with Crippen LogP contribution in [0.4, 0.5) is 0 Å². The van der Waals surface area contributed by atoms with Crippen molar-refractivity contribution in [2.45, 2.75) is 11.8 Å². The van der Waals surface area contributed by atoms with Crippen molar-refractivity contribution >= 4 is 22.4 Å². The van der Waals surface area contributed by atoms with Gasteiger partial charge in [-0.05, 0) is 50.4 Å². The molecule has 0 bridgehead atoms. The molecule has 1 N–H and O–H groups in total. The van der Waals surface area contributed by atoms with Gasteiger partial charge in [0.2, 0.25) is 0 Å². The minimum absolute atomic E-state index is 0.0239. The summed E-state index contributed by atoms with van der Waals surface area (Å²) in [6.45, 7) is 0.235. The van der Waals surface area contributed by atoms with Crippen LogP contribution < -0.4 is 15.2 Å². The summed E-state index contributed by atoms with van der Waals surface area (Å²) in [6.07, 6.45) is 3.23. The van der Waals surface area contributed by atoms with Crippen LogP contribution in [0, 0.1) is 0 Å². The van der Waals surface area contributed by atoms with Gasteiger partial charge in [-0.25, -0.2) is 0 Å². The molecule has 0 saturated carbocycles. The summed E-state index contributed by atoms with van der Waals surface area (Å²) in [5, 5.41) is 14.3. The van der Waals surface area contributed by atoms with Crippen LogP contribution in [0.2, 0.25) is 0 Å². The van der Waals surface area contributed by atoms with Crippen molar-refractivity contribution in [2.75, 3.05) is 13.2 Å². The topological polar surface area (TPSA) is 29.5 Å². The lowest BCUT2D eigenvalue weighted by atomic mass is 9.66. The molecule has 0 atom stereocenters. The molecule has 2 heteroatoms. The van der Waals surface area contributed by atoms with E-state index in [0.717, 1.165) is 23.1 Å². The number of rotatable bonds is 6. The van der Waals surface area contributed by atoms with E-state index >= 15 is 0 Å². The van der Waals surface area contributed by atoms with Gasteiger partial charge in [-0.1, -0.05) is 121 Å². The van der Waals surface area contributed by atoms with Crippen molar-refractivity contribution in [3.8, 4) is 5.75 Å². The van der Waals surface area contributed by atoms with E-state index in [4.69, 9.17) is 4.74 Å². The Labute approximate surface area is 211 Å². The standard InChI is InChI=1S/C34H28O2/c35-21-22-36-32-20-19-25-11-7-10-18-30(25)33(32)31-24-34(27-13-3-1-4-14-27,28-15-5-2-6-16-28)23-26-12-8-9-17-29(26)31/h1-20,23,35H,21-22,24H2. The van der Waals surface area contributed by atoms with Gasteiger partial charge in [-0.2, -0.15) is 0 Å². The second kappa shape index (κ2) is 9.49. The lowest BCUT2D eigenvalue weighted by Gasteiger charge is -2.36. The average molecular weight is 469 g/mol. The summed E-state index contributed by atoms with van der Waals surface area (Å²) in [5.41, 5.74) is 4.56. The highest BCUT2D eigenvalue weighted by Gasteiger charge is 2.36. The predicted octanol–water partition coefficient (Wildman–Crippen LogP) is 5.58. The molecule has 0 fully saturated rings. The molecule has 0 spiro atoms. The Morgan fingerprint density at radius 2 is 1.31 bits per heavy atom. The molecule has 0 aliphatic heterocycles. The minimum Gasteiger partial charge on any atom is -0.491 e. The first-order valence-corrected chi connectivity index (χ1v) is 12.5. The molecule has 5 aromatic rings. The molecule has 0 amide bonds. The van der Waals surface area contributed by atoms with Crippen LogP contribution in [0.3, 0.4) is 0 Å². The van der Waals surface area contributed by atoms with Crippen LogP contribution in [0.15, 0.2) is 121 Å². The maximum atomic E-state index is 9.54. The average Bonchev–Trinajstić information content (AvgIpc) is 2.96. The predicted molar refractivity (Wildman–Crippen MR) is 147 cm³/mol. The first-order valence-electron chi connectivity index (χ1n) is 12.5. The number of benzene rings is 5. The van der Waals surface area contributed by atoms with Crippen molar-refractivity contribution in [3.05, 3.63) is 148 Å². The van der Waals surface area contributed by atoms with Crippen LogP contribution in [0.1, 0.15) is 23.1 Å². The van der Waals surface area contributed by atoms with E-state index in [1.807, 2.05) is 6.07 Å². The Bertz CT molecular complexity index is 1600. The molecule has 0 heterocycles. The number of fused-ring (bicyclic) bond motifs is 2. The SMILES string of the molecule is OCCOc1ccc2ccccc2c1C1=c2ccccc2=CC(c2ccccc2)(c2ccccc2)C1. The maximum absolute atomic E-state index is 9.54. The Morgan fingerprint density at radius 1 is 0.667 bits per heavy atom. The highest BCUT2D eigenvalue weighted by atomic mass is 16.5. The number of hydrogen-bond acceptors (Lipinski definition) is 2. The van der Waals surface area contributed by atoms with Gasteiger partial charge in [-0.3, -0.25) is 0 Å². The molecular weight excluding hydrogens is 440 g/mol. The van der Waals surface area contributed by atoms with Gasteiger partial charge in [0.1, 0.15) is 12.4 Å². The Hall–Kier alpha value is -4.14. The highest BCUT2D eigenvalue weighted by molar-refractivity contribution is 5.97. The number of ether oxygens (including phenoxy) is 1. The molecule has 0 radical (unpaired) electrons. The van der Waals surface area contributed by atoms with Crippen molar-refractivity contribution in [3.63, 3.8) is 0 Å². The molecular formula is C34H28O2. The Morgan fingerprint density at radius 3 is 2.03 bits per heavy atom. The van der Waals surface area contributed by atoms with Crippen LogP contribution in [-0.4, -0.2) is 18.3 Å². The third-order valence-electron chi connectivity index (χ3n) is 7.26. The summed E-state index contributed by atoms with van der Waals surface area (Å²) in [7, 11) is 0. The molecule has 5 aromatic carbocycles. The van der Waals surface area contributed by atoms with E-state index in [2.05, 4.69) is 121 Å². The third-order valence-corrected chi connectivity index (χ3v) is 7.26. The van der Waals surface area contributed by atoms with Crippen LogP contribution >= 0.6 is 0 Å². The number of hydrogen-bond donors (Lipinski definition) is 1. The first kappa shape index (κ1) is 22.3. The van der Waals surface area contributed by atoms with Crippen LogP contribution in [-0.2, 0) is 5.41 Å². The molecule has 1 aliphatic rings. The monoisotopic (exact) mass is 468 g/mol. The first-order chi connectivity index (χ1) is 17.8. The summed E-state index contributed by atoms with van der Waals surface area (Å²) >= 11 is 0. The fourth-order valence-electron chi connectivity index (χ4n) is 5.66. The largest absolute Gasteiger partial charge is 0.491 e. The number of aliphatic hydroxyl groups excluding tert-OH is 1. The van der Waals surface area contributed by atoms with Crippen molar-refractivity contribution in [1.29, 1.82) is 0 Å². The lowest BCUT2D eigenvalue weighted by molar-refractivity contribution is 0.201. The molecule has 0 aromatic heterocycles. The third kappa shape index (κ3) is 3.80. The van der Waals surface area contributed by atoms with Crippen molar-refractivity contribution < 1.29 is 9.84 Å². The second-order valence-corrected chi connectivity index (χ2v) is 9.32. The zero-order valence-corrected chi connectivity index (χ0v) is 20.1. The molecule has 0 saturated heterocycles. The zero-order chi connectivity index (χ0) is 24.4.